The van der Waals surface area contributed by atoms with E-state index >= 15 is 0 Å². The van der Waals surface area contributed by atoms with Crippen molar-refractivity contribution in [1.82, 2.24) is 30.2 Å². The van der Waals surface area contributed by atoms with Crippen LogP contribution in [-0.4, -0.2) is 78.6 Å². The minimum Gasteiger partial charge on any atom is -0.391 e. The van der Waals surface area contributed by atoms with Gasteiger partial charge in [0, 0.05) is 17.4 Å². The summed E-state index contributed by atoms with van der Waals surface area (Å²) in [6, 6.07) is 5.62. The SMILES string of the molecule is NC(=O)c1nn(CC(=O)N2C[C@H](F)C[C@H]2C(=O)N[C@H]2CCCC[C@@H]2O)c2ccc(-c3ccnnc3)cc12. The lowest BCUT2D eigenvalue weighted by atomic mass is 9.92. The standard InChI is InChI=1S/C25H28FN7O4/c26-16-10-20(25(37)30-18-3-1-2-4-21(18)34)32(12-16)22(35)13-33-19-6-5-14(15-7-8-28-29-11-15)9-17(19)23(31-33)24(27)36/h5-9,11,16,18,20-21,34H,1-4,10,12-13H2,(H2,27,36)(H,30,37)/t16-,18+,20+,21+/m1/s1. The minimum absolute atomic E-state index is 0.00275. The van der Waals surface area contributed by atoms with Gasteiger partial charge in [0.05, 0.1) is 36.6 Å². The molecule has 1 saturated heterocycles. The van der Waals surface area contributed by atoms with E-state index in [4.69, 9.17) is 5.73 Å². The molecule has 37 heavy (non-hydrogen) atoms. The van der Waals surface area contributed by atoms with Gasteiger partial charge in [0.25, 0.3) is 5.91 Å². The van der Waals surface area contributed by atoms with E-state index in [0.717, 1.165) is 24.0 Å². The van der Waals surface area contributed by atoms with Gasteiger partial charge in [-0.3, -0.25) is 19.1 Å². The molecule has 0 radical (unpaired) electrons. The first kappa shape index (κ1) is 24.8. The predicted molar refractivity (Wildman–Crippen MR) is 131 cm³/mol. The largest absolute Gasteiger partial charge is 0.391 e. The van der Waals surface area contributed by atoms with Crippen LogP contribution in [0, 0.1) is 0 Å². The van der Waals surface area contributed by atoms with Crippen molar-refractivity contribution in [3.8, 4) is 11.1 Å². The van der Waals surface area contributed by atoms with Crippen LogP contribution in [0.1, 0.15) is 42.6 Å². The molecule has 3 aromatic rings. The van der Waals surface area contributed by atoms with E-state index in [-0.39, 0.29) is 25.2 Å². The summed E-state index contributed by atoms with van der Waals surface area (Å²) in [7, 11) is 0. The molecule has 3 heterocycles. The molecule has 0 spiro atoms. The number of carbonyl (C=O) groups is 3. The Balaban J connectivity index is 1.38. The predicted octanol–water partition coefficient (Wildman–Crippen LogP) is 0.951. The number of fused-ring (bicyclic) bond motifs is 1. The van der Waals surface area contributed by atoms with Gasteiger partial charge >= 0.3 is 0 Å². The number of amides is 3. The third kappa shape index (κ3) is 5.01. The molecule has 1 saturated carbocycles. The number of carbonyl (C=O) groups excluding carboxylic acids is 3. The zero-order valence-corrected chi connectivity index (χ0v) is 20.1. The first-order chi connectivity index (χ1) is 17.8. The summed E-state index contributed by atoms with van der Waals surface area (Å²) in [6.45, 7) is -0.520. The molecule has 5 rings (SSSR count). The summed E-state index contributed by atoms with van der Waals surface area (Å²) >= 11 is 0. The molecule has 12 heteroatoms. The van der Waals surface area contributed by atoms with Crippen LogP contribution in [0.15, 0.2) is 36.7 Å². The van der Waals surface area contributed by atoms with E-state index in [1.807, 2.05) is 0 Å². The van der Waals surface area contributed by atoms with Crippen LogP contribution in [0.2, 0.25) is 0 Å². The minimum atomic E-state index is -1.34. The number of halogens is 1. The van der Waals surface area contributed by atoms with E-state index < -0.39 is 42.1 Å². The summed E-state index contributed by atoms with van der Waals surface area (Å²) in [5.74, 6) is -1.74. The number of aromatic nitrogens is 4. The Morgan fingerprint density at radius 1 is 1.14 bits per heavy atom. The van der Waals surface area contributed by atoms with Crippen LogP contribution in [-0.2, 0) is 16.1 Å². The van der Waals surface area contributed by atoms with Crippen molar-refractivity contribution in [3.05, 3.63) is 42.4 Å². The molecular formula is C25H28FN7O4. The number of hydrogen-bond acceptors (Lipinski definition) is 7. The number of nitrogens with zero attached hydrogens (tertiary/aromatic N) is 5. The zero-order valence-electron chi connectivity index (χ0n) is 20.1. The maximum atomic E-state index is 14.4. The molecule has 0 bridgehead atoms. The topological polar surface area (TPSA) is 156 Å². The molecular weight excluding hydrogens is 481 g/mol. The van der Waals surface area contributed by atoms with Crippen molar-refractivity contribution >= 4 is 28.6 Å². The number of aliphatic hydroxyl groups excluding tert-OH is 1. The number of hydrogen-bond donors (Lipinski definition) is 3. The third-order valence-electron chi connectivity index (χ3n) is 7.12. The van der Waals surface area contributed by atoms with Crippen LogP contribution >= 0.6 is 0 Å². The lowest BCUT2D eigenvalue weighted by Gasteiger charge is -2.31. The number of primary amides is 1. The van der Waals surface area contributed by atoms with Gasteiger partial charge in [-0.2, -0.15) is 15.3 Å². The van der Waals surface area contributed by atoms with Crippen molar-refractivity contribution in [3.63, 3.8) is 0 Å². The molecule has 1 aromatic carbocycles. The number of aliphatic hydroxyl groups is 1. The zero-order chi connectivity index (χ0) is 26.1. The lowest BCUT2D eigenvalue weighted by Crippen LogP contribution is -2.53. The van der Waals surface area contributed by atoms with E-state index in [0.29, 0.717) is 23.7 Å². The van der Waals surface area contributed by atoms with Gasteiger partial charge in [-0.1, -0.05) is 18.9 Å². The highest BCUT2D eigenvalue weighted by atomic mass is 19.1. The highest BCUT2D eigenvalue weighted by Gasteiger charge is 2.41. The van der Waals surface area contributed by atoms with Crippen LogP contribution in [0.4, 0.5) is 4.39 Å². The second kappa shape index (κ2) is 10.2. The number of benzene rings is 1. The maximum Gasteiger partial charge on any atom is 0.269 e. The Kier molecular flexibility index (Phi) is 6.83. The summed E-state index contributed by atoms with van der Waals surface area (Å²) in [6.07, 6.45) is 4.02. The van der Waals surface area contributed by atoms with Gasteiger partial charge in [0.2, 0.25) is 11.8 Å². The van der Waals surface area contributed by atoms with Crippen LogP contribution in [0.3, 0.4) is 0 Å². The summed E-state index contributed by atoms with van der Waals surface area (Å²) in [5, 5.41) is 25.4. The Hall–Kier alpha value is -3.93. The molecule has 0 unspecified atom stereocenters. The van der Waals surface area contributed by atoms with Gasteiger partial charge in [-0.25, -0.2) is 4.39 Å². The van der Waals surface area contributed by atoms with Gasteiger partial charge in [0.1, 0.15) is 18.8 Å². The van der Waals surface area contributed by atoms with E-state index in [1.165, 1.54) is 9.58 Å². The molecule has 1 aliphatic carbocycles. The van der Waals surface area contributed by atoms with E-state index in [1.54, 1.807) is 36.7 Å². The Morgan fingerprint density at radius 2 is 1.95 bits per heavy atom. The summed E-state index contributed by atoms with van der Waals surface area (Å²) in [4.78, 5) is 39.6. The van der Waals surface area contributed by atoms with Crippen LogP contribution in [0.5, 0.6) is 0 Å². The fraction of sp³-hybridized carbons (Fsp3) is 0.440. The second-order valence-corrected chi connectivity index (χ2v) is 9.60. The molecule has 2 aliphatic rings. The molecule has 2 fully saturated rings. The maximum absolute atomic E-state index is 14.4. The number of likely N-dealkylation sites (tertiary alicyclic amines) is 1. The second-order valence-electron chi connectivity index (χ2n) is 9.60. The molecule has 1 aliphatic heterocycles. The van der Waals surface area contributed by atoms with E-state index in [9.17, 15) is 23.9 Å². The van der Waals surface area contributed by atoms with Gasteiger partial charge in [-0.15, -0.1) is 0 Å². The highest BCUT2D eigenvalue weighted by Crippen LogP contribution is 2.27. The van der Waals surface area contributed by atoms with Gasteiger partial charge in [0.15, 0.2) is 5.69 Å². The number of alkyl halides is 1. The first-order valence-electron chi connectivity index (χ1n) is 12.3. The highest BCUT2D eigenvalue weighted by molar-refractivity contribution is 6.05. The molecule has 4 atom stereocenters. The molecule has 194 valence electrons. The van der Waals surface area contributed by atoms with E-state index in [2.05, 4.69) is 20.6 Å². The summed E-state index contributed by atoms with van der Waals surface area (Å²) in [5.41, 5.74) is 7.59. The van der Waals surface area contributed by atoms with Crippen molar-refractivity contribution in [2.45, 2.75) is 63.0 Å². The number of nitrogens with one attached hydrogen (secondary N) is 1. The Bertz CT molecular complexity index is 1330. The molecule has 4 N–H and O–H groups in total. The van der Waals surface area contributed by atoms with Crippen molar-refractivity contribution < 1.29 is 23.9 Å². The quantitative estimate of drug-likeness (QED) is 0.447. The first-order valence-corrected chi connectivity index (χ1v) is 12.3. The average Bonchev–Trinajstić information content (AvgIpc) is 3.46. The Morgan fingerprint density at radius 3 is 2.68 bits per heavy atom. The molecule has 11 nitrogen and oxygen atoms in total. The fourth-order valence-electron chi connectivity index (χ4n) is 5.21. The van der Waals surface area contributed by atoms with Crippen molar-refractivity contribution in [2.24, 2.45) is 5.73 Å². The summed E-state index contributed by atoms with van der Waals surface area (Å²) < 4.78 is 15.7. The molecule has 3 amide bonds. The smallest absolute Gasteiger partial charge is 0.269 e. The van der Waals surface area contributed by atoms with Crippen LogP contribution < -0.4 is 11.1 Å². The monoisotopic (exact) mass is 509 g/mol. The normalized spacial score (nSPS) is 23.8. The number of nitrogens with two attached hydrogens (primary N) is 1. The fourth-order valence-corrected chi connectivity index (χ4v) is 5.21. The van der Waals surface area contributed by atoms with Crippen molar-refractivity contribution in [2.75, 3.05) is 6.54 Å². The Labute approximate surface area is 211 Å². The molecule has 2 aromatic heterocycles. The van der Waals surface area contributed by atoms with Gasteiger partial charge in [-0.05, 0) is 36.6 Å². The van der Waals surface area contributed by atoms with Crippen molar-refractivity contribution in [1.29, 1.82) is 0 Å². The number of rotatable bonds is 6. The van der Waals surface area contributed by atoms with Gasteiger partial charge < -0.3 is 21.1 Å². The lowest BCUT2D eigenvalue weighted by molar-refractivity contribution is -0.139. The van der Waals surface area contributed by atoms with Crippen LogP contribution in [0.25, 0.3) is 22.0 Å². The average molecular weight is 510 g/mol. The third-order valence-corrected chi connectivity index (χ3v) is 7.12.